The van der Waals surface area contributed by atoms with Gasteiger partial charge in [0, 0.05) is 17.5 Å². The molecule has 1 atom stereocenters. The van der Waals surface area contributed by atoms with Crippen LogP contribution in [0.1, 0.15) is 56.2 Å². The molecule has 2 aromatic rings. The average Bonchev–Trinajstić information content (AvgIpc) is 3.14. The molecule has 4 rings (SSSR count). The summed E-state index contributed by atoms with van der Waals surface area (Å²) in [6.45, 7) is 3.23. The van der Waals surface area contributed by atoms with Crippen molar-refractivity contribution in [3.63, 3.8) is 0 Å². The molecular weight excluding hydrogens is 372 g/mol. The van der Waals surface area contributed by atoms with Crippen LogP contribution in [0.15, 0.2) is 35.1 Å². The molecule has 5 nitrogen and oxygen atoms in total. The van der Waals surface area contributed by atoms with E-state index in [2.05, 4.69) is 36.2 Å². The van der Waals surface area contributed by atoms with Gasteiger partial charge in [0.2, 0.25) is 0 Å². The molecule has 28 heavy (non-hydrogen) atoms. The first kappa shape index (κ1) is 19.4. The SMILES string of the molecule is CCSCc1cc(=O)nc2n1CC(COc1ccc(C3CCCCC3)cc1)O2. The summed E-state index contributed by atoms with van der Waals surface area (Å²) in [7, 11) is 0. The molecule has 1 aliphatic carbocycles. The van der Waals surface area contributed by atoms with Gasteiger partial charge in [-0.1, -0.05) is 38.3 Å². The molecule has 1 saturated carbocycles. The van der Waals surface area contributed by atoms with Crippen molar-refractivity contribution in [1.29, 1.82) is 0 Å². The summed E-state index contributed by atoms with van der Waals surface area (Å²) in [5.74, 6) is 3.37. The first-order valence-corrected chi connectivity index (χ1v) is 11.5. The van der Waals surface area contributed by atoms with Crippen LogP contribution in [0.3, 0.4) is 0 Å². The zero-order chi connectivity index (χ0) is 19.3. The van der Waals surface area contributed by atoms with Crippen molar-refractivity contribution < 1.29 is 9.47 Å². The molecule has 1 aromatic heterocycles. The highest BCUT2D eigenvalue weighted by atomic mass is 32.2. The van der Waals surface area contributed by atoms with Crippen molar-refractivity contribution in [2.24, 2.45) is 0 Å². The van der Waals surface area contributed by atoms with Gasteiger partial charge < -0.3 is 9.47 Å². The van der Waals surface area contributed by atoms with Crippen LogP contribution in [0.2, 0.25) is 0 Å². The molecule has 1 fully saturated rings. The second kappa shape index (κ2) is 9.03. The molecule has 0 saturated heterocycles. The molecule has 0 bridgehead atoms. The highest BCUT2D eigenvalue weighted by Crippen LogP contribution is 2.33. The second-order valence-electron chi connectivity index (χ2n) is 7.57. The highest BCUT2D eigenvalue weighted by Gasteiger charge is 2.26. The maximum absolute atomic E-state index is 11.8. The third-order valence-electron chi connectivity index (χ3n) is 5.58. The molecule has 6 heteroatoms. The molecule has 0 radical (unpaired) electrons. The third kappa shape index (κ3) is 4.54. The Morgan fingerprint density at radius 3 is 2.75 bits per heavy atom. The van der Waals surface area contributed by atoms with Crippen LogP contribution >= 0.6 is 11.8 Å². The number of hydrogen-bond donors (Lipinski definition) is 0. The summed E-state index contributed by atoms with van der Waals surface area (Å²) in [5.41, 5.74) is 2.16. The molecule has 0 amide bonds. The van der Waals surface area contributed by atoms with Gasteiger partial charge in [0.25, 0.3) is 5.56 Å². The predicted octanol–water partition coefficient (Wildman–Crippen LogP) is 4.38. The van der Waals surface area contributed by atoms with E-state index in [0.29, 0.717) is 25.1 Å². The first-order valence-electron chi connectivity index (χ1n) is 10.3. The lowest BCUT2D eigenvalue weighted by atomic mass is 9.84. The van der Waals surface area contributed by atoms with E-state index in [-0.39, 0.29) is 11.7 Å². The fourth-order valence-electron chi connectivity index (χ4n) is 4.08. The van der Waals surface area contributed by atoms with Crippen LogP contribution in [0.5, 0.6) is 11.8 Å². The maximum atomic E-state index is 11.8. The number of hydrogen-bond acceptors (Lipinski definition) is 5. The van der Waals surface area contributed by atoms with Crippen molar-refractivity contribution in [2.45, 2.75) is 63.3 Å². The Hall–Kier alpha value is -1.95. The van der Waals surface area contributed by atoms with E-state index >= 15 is 0 Å². The van der Waals surface area contributed by atoms with Crippen molar-refractivity contribution in [3.05, 3.63) is 51.9 Å². The van der Waals surface area contributed by atoms with Crippen LogP contribution in [0.25, 0.3) is 0 Å². The lowest BCUT2D eigenvalue weighted by molar-refractivity contribution is 0.143. The van der Waals surface area contributed by atoms with E-state index in [4.69, 9.17) is 9.47 Å². The Morgan fingerprint density at radius 2 is 2.00 bits per heavy atom. The molecule has 2 aliphatic rings. The predicted molar refractivity (Wildman–Crippen MR) is 113 cm³/mol. The number of thioether (sulfide) groups is 1. The van der Waals surface area contributed by atoms with E-state index in [0.717, 1.165) is 22.9 Å². The van der Waals surface area contributed by atoms with Gasteiger partial charge in [-0.2, -0.15) is 16.7 Å². The minimum absolute atomic E-state index is 0.127. The lowest BCUT2D eigenvalue weighted by Crippen LogP contribution is -2.23. The Labute approximate surface area is 170 Å². The third-order valence-corrected chi connectivity index (χ3v) is 6.49. The largest absolute Gasteiger partial charge is 0.490 e. The standard InChI is InChI=1S/C22H28N2O3S/c1-2-28-15-18-12-21(25)23-22-24(18)13-20(27-22)14-26-19-10-8-17(9-11-19)16-6-4-3-5-7-16/h8-12,16,20H,2-7,13-15H2,1H3. The van der Waals surface area contributed by atoms with Gasteiger partial charge in [0.1, 0.15) is 12.4 Å². The van der Waals surface area contributed by atoms with E-state index in [1.807, 2.05) is 4.57 Å². The number of benzene rings is 1. The summed E-state index contributed by atoms with van der Waals surface area (Å²) in [6.07, 6.45) is 6.55. The maximum Gasteiger partial charge on any atom is 0.300 e. The Balaban J connectivity index is 1.35. The first-order chi connectivity index (χ1) is 13.7. The molecule has 1 aliphatic heterocycles. The molecule has 1 aromatic carbocycles. The van der Waals surface area contributed by atoms with E-state index in [1.165, 1.54) is 37.7 Å². The van der Waals surface area contributed by atoms with Crippen LogP contribution in [0.4, 0.5) is 0 Å². The molecular formula is C22H28N2O3S. The summed E-state index contributed by atoms with van der Waals surface area (Å²) >= 11 is 1.79. The lowest BCUT2D eigenvalue weighted by Gasteiger charge is -2.22. The monoisotopic (exact) mass is 400 g/mol. The number of aromatic nitrogens is 2. The van der Waals surface area contributed by atoms with E-state index < -0.39 is 0 Å². The van der Waals surface area contributed by atoms with Gasteiger partial charge in [0.15, 0.2) is 6.10 Å². The quantitative estimate of drug-likeness (QED) is 0.690. The van der Waals surface area contributed by atoms with Crippen molar-refractivity contribution in [1.82, 2.24) is 9.55 Å². The number of fused-ring (bicyclic) bond motifs is 1. The van der Waals surface area contributed by atoms with Crippen LogP contribution < -0.4 is 15.0 Å². The van der Waals surface area contributed by atoms with Crippen LogP contribution in [-0.2, 0) is 12.3 Å². The average molecular weight is 401 g/mol. The normalized spacial score (nSPS) is 19.2. The van der Waals surface area contributed by atoms with E-state index in [9.17, 15) is 4.79 Å². The Bertz CT molecular complexity index is 844. The zero-order valence-electron chi connectivity index (χ0n) is 16.4. The number of nitrogens with zero attached hydrogens (tertiary/aromatic N) is 2. The summed E-state index contributed by atoms with van der Waals surface area (Å²) in [4.78, 5) is 15.8. The minimum Gasteiger partial charge on any atom is -0.490 e. The molecule has 1 unspecified atom stereocenters. The zero-order valence-corrected chi connectivity index (χ0v) is 17.2. The van der Waals surface area contributed by atoms with Crippen molar-refractivity contribution >= 4 is 11.8 Å². The van der Waals surface area contributed by atoms with Gasteiger partial charge >= 0.3 is 6.01 Å². The van der Waals surface area contributed by atoms with Crippen molar-refractivity contribution in [3.8, 4) is 11.8 Å². The van der Waals surface area contributed by atoms with Gasteiger partial charge in [0.05, 0.1) is 6.54 Å². The van der Waals surface area contributed by atoms with Gasteiger partial charge in [-0.15, -0.1) is 0 Å². The van der Waals surface area contributed by atoms with Crippen LogP contribution in [0, 0.1) is 0 Å². The highest BCUT2D eigenvalue weighted by molar-refractivity contribution is 7.98. The van der Waals surface area contributed by atoms with Crippen molar-refractivity contribution in [2.75, 3.05) is 12.4 Å². The Morgan fingerprint density at radius 1 is 1.21 bits per heavy atom. The second-order valence-corrected chi connectivity index (χ2v) is 8.85. The van der Waals surface area contributed by atoms with E-state index in [1.54, 1.807) is 17.8 Å². The molecule has 0 spiro atoms. The summed E-state index contributed by atoms with van der Waals surface area (Å²) < 4.78 is 13.8. The Kier molecular flexibility index (Phi) is 6.25. The van der Waals surface area contributed by atoms with Gasteiger partial charge in [-0.05, 0) is 42.2 Å². The summed E-state index contributed by atoms with van der Waals surface area (Å²) in [5, 5.41) is 0. The number of rotatable bonds is 7. The summed E-state index contributed by atoms with van der Waals surface area (Å²) in [6, 6.07) is 10.6. The smallest absolute Gasteiger partial charge is 0.300 e. The molecule has 150 valence electrons. The molecule has 0 N–H and O–H groups in total. The fraction of sp³-hybridized carbons (Fsp3) is 0.545. The molecule has 2 heterocycles. The fourth-order valence-corrected chi connectivity index (χ4v) is 4.73. The number of ether oxygens (including phenoxy) is 2. The van der Waals surface area contributed by atoms with Gasteiger partial charge in [-0.25, -0.2) is 0 Å². The van der Waals surface area contributed by atoms with Crippen LogP contribution in [-0.4, -0.2) is 28.0 Å². The minimum atomic E-state index is -0.238. The van der Waals surface area contributed by atoms with Gasteiger partial charge in [-0.3, -0.25) is 9.36 Å². The topological polar surface area (TPSA) is 53.4 Å².